The van der Waals surface area contributed by atoms with Gasteiger partial charge in [0.1, 0.15) is 18.1 Å². The number of methoxy groups -OCH3 is 1. The summed E-state index contributed by atoms with van der Waals surface area (Å²) in [5.41, 5.74) is 7.71. The van der Waals surface area contributed by atoms with Gasteiger partial charge in [0.2, 0.25) is 0 Å². The Morgan fingerprint density at radius 2 is 1.77 bits per heavy atom. The summed E-state index contributed by atoms with van der Waals surface area (Å²) < 4.78 is 10.7. The van der Waals surface area contributed by atoms with Crippen molar-refractivity contribution in [1.29, 1.82) is 0 Å². The summed E-state index contributed by atoms with van der Waals surface area (Å²) in [6.45, 7) is 2.73. The molecule has 0 heterocycles. The fourth-order valence-electron chi connectivity index (χ4n) is 1.84. The van der Waals surface area contributed by atoms with Crippen molar-refractivity contribution in [3.63, 3.8) is 0 Å². The van der Waals surface area contributed by atoms with E-state index in [0.717, 1.165) is 22.6 Å². The summed E-state index contributed by atoms with van der Waals surface area (Å²) in [5, 5.41) is 3.88. The van der Waals surface area contributed by atoms with E-state index in [1.54, 1.807) is 7.11 Å². The quantitative estimate of drug-likeness (QED) is 0.369. The van der Waals surface area contributed by atoms with Gasteiger partial charge in [0.25, 0.3) is 0 Å². The number of rotatable bonds is 7. The Morgan fingerprint density at radius 1 is 1.05 bits per heavy atom. The van der Waals surface area contributed by atoms with Crippen molar-refractivity contribution in [3.8, 4) is 11.5 Å². The molecule has 2 aromatic rings. The minimum Gasteiger partial charge on any atom is -0.497 e. The predicted octanol–water partition coefficient (Wildman–Crippen LogP) is 2.72. The van der Waals surface area contributed by atoms with Crippen LogP contribution in [0, 0.1) is 6.92 Å². The standard InChI is InChI=1S/C17H20N2O3/c1-13-5-3-4-6-16(13)21-11-12-22-19-17(18)14-7-9-15(20-2)10-8-14/h3-10H,11-12H2,1-2H3,(H2,18,19). The third-order valence-corrected chi connectivity index (χ3v) is 3.07. The van der Waals surface area contributed by atoms with Crippen molar-refractivity contribution in [2.75, 3.05) is 20.3 Å². The molecule has 0 saturated heterocycles. The minimum atomic E-state index is 0.318. The lowest BCUT2D eigenvalue weighted by atomic mass is 10.2. The third-order valence-electron chi connectivity index (χ3n) is 3.07. The zero-order valence-corrected chi connectivity index (χ0v) is 12.8. The molecule has 2 N–H and O–H groups in total. The Kier molecular flexibility index (Phi) is 5.65. The molecule has 5 heteroatoms. The molecule has 0 spiro atoms. The molecule has 0 aliphatic rings. The van der Waals surface area contributed by atoms with E-state index in [1.807, 2.05) is 55.5 Å². The summed E-state index contributed by atoms with van der Waals surface area (Å²) in [6, 6.07) is 15.1. The van der Waals surface area contributed by atoms with Gasteiger partial charge in [-0.15, -0.1) is 0 Å². The summed E-state index contributed by atoms with van der Waals surface area (Å²) in [6.07, 6.45) is 0. The maximum atomic E-state index is 5.85. The van der Waals surface area contributed by atoms with Gasteiger partial charge in [-0.1, -0.05) is 23.4 Å². The number of ether oxygens (including phenoxy) is 2. The van der Waals surface area contributed by atoms with Crippen molar-refractivity contribution >= 4 is 5.84 Å². The lowest BCUT2D eigenvalue weighted by Crippen LogP contribution is -2.15. The van der Waals surface area contributed by atoms with Crippen LogP contribution in [0.4, 0.5) is 0 Å². The first-order valence-electron chi connectivity index (χ1n) is 6.99. The van der Waals surface area contributed by atoms with Crippen LogP contribution in [-0.2, 0) is 4.84 Å². The molecule has 0 aliphatic heterocycles. The highest BCUT2D eigenvalue weighted by molar-refractivity contribution is 5.97. The van der Waals surface area contributed by atoms with E-state index in [0.29, 0.717) is 19.0 Å². The molecule has 0 radical (unpaired) electrons. The van der Waals surface area contributed by atoms with Gasteiger partial charge in [-0.25, -0.2) is 0 Å². The number of para-hydroxylation sites is 1. The van der Waals surface area contributed by atoms with E-state index in [1.165, 1.54) is 0 Å². The maximum Gasteiger partial charge on any atom is 0.170 e. The fourth-order valence-corrected chi connectivity index (χ4v) is 1.84. The van der Waals surface area contributed by atoms with E-state index in [2.05, 4.69) is 5.16 Å². The maximum absolute atomic E-state index is 5.85. The van der Waals surface area contributed by atoms with Gasteiger partial charge in [-0.3, -0.25) is 0 Å². The second kappa shape index (κ2) is 7.93. The second-order valence-electron chi connectivity index (χ2n) is 4.65. The molecular formula is C17H20N2O3. The van der Waals surface area contributed by atoms with Crippen molar-refractivity contribution in [3.05, 3.63) is 59.7 Å². The van der Waals surface area contributed by atoms with Gasteiger partial charge in [0, 0.05) is 5.56 Å². The zero-order valence-electron chi connectivity index (χ0n) is 12.8. The van der Waals surface area contributed by atoms with Gasteiger partial charge in [0.05, 0.1) is 7.11 Å². The van der Waals surface area contributed by atoms with Crippen LogP contribution in [0.2, 0.25) is 0 Å². The van der Waals surface area contributed by atoms with Crippen LogP contribution in [0.1, 0.15) is 11.1 Å². The Morgan fingerprint density at radius 3 is 2.45 bits per heavy atom. The molecule has 0 fully saturated rings. The van der Waals surface area contributed by atoms with Crippen LogP contribution < -0.4 is 15.2 Å². The molecular weight excluding hydrogens is 280 g/mol. The van der Waals surface area contributed by atoms with Crippen molar-refractivity contribution in [1.82, 2.24) is 0 Å². The molecule has 2 rings (SSSR count). The van der Waals surface area contributed by atoms with Gasteiger partial charge < -0.3 is 20.0 Å². The van der Waals surface area contributed by atoms with Gasteiger partial charge in [-0.05, 0) is 42.8 Å². The Balaban J connectivity index is 1.78. The average Bonchev–Trinajstić information content (AvgIpc) is 2.56. The third kappa shape index (κ3) is 4.41. The molecule has 0 saturated carbocycles. The predicted molar refractivity (Wildman–Crippen MR) is 86.3 cm³/mol. The lowest BCUT2D eigenvalue weighted by Gasteiger charge is -2.08. The number of hydrogen-bond acceptors (Lipinski definition) is 4. The molecule has 0 atom stereocenters. The first-order valence-corrected chi connectivity index (χ1v) is 6.99. The molecule has 22 heavy (non-hydrogen) atoms. The summed E-state index contributed by atoms with van der Waals surface area (Å²) >= 11 is 0. The first-order chi connectivity index (χ1) is 10.7. The highest BCUT2D eigenvalue weighted by Gasteiger charge is 2.00. The smallest absolute Gasteiger partial charge is 0.170 e. The molecule has 0 amide bonds. The molecule has 0 unspecified atom stereocenters. The number of nitrogens with two attached hydrogens (primary N) is 1. The fraction of sp³-hybridized carbons (Fsp3) is 0.235. The monoisotopic (exact) mass is 300 g/mol. The Hall–Kier alpha value is -2.69. The Bertz CT molecular complexity index is 624. The van der Waals surface area contributed by atoms with E-state index in [-0.39, 0.29) is 0 Å². The number of amidine groups is 1. The van der Waals surface area contributed by atoms with Crippen LogP contribution in [0.5, 0.6) is 11.5 Å². The number of benzene rings is 2. The van der Waals surface area contributed by atoms with E-state index in [4.69, 9.17) is 20.0 Å². The van der Waals surface area contributed by atoms with Gasteiger partial charge in [0.15, 0.2) is 12.4 Å². The molecule has 0 bridgehead atoms. The SMILES string of the molecule is COc1ccc(/C(N)=N/OCCOc2ccccc2C)cc1. The number of hydrogen-bond donors (Lipinski definition) is 1. The highest BCUT2D eigenvalue weighted by Crippen LogP contribution is 2.15. The second-order valence-corrected chi connectivity index (χ2v) is 4.65. The largest absolute Gasteiger partial charge is 0.497 e. The van der Waals surface area contributed by atoms with Crippen LogP contribution in [0.15, 0.2) is 53.7 Å². The van der Waals surface area contributed by atoms with E-state index in [9.17, 15) is 0 Å². The number of oxime groups is 1. The molecule has 5 nitrogen and oxygen atoms in total. The van der Waals surface area contributed by atoms with Crippen LogP contribution in [0.3, 0.4) is 0 Å². The van der Waals surface area contributed by atoms with Crippen molar-refractivity contribution < 1.29 is 14.3 Å². The molecule has 0 aromatic heterocycles. The van der Waals surface area contributed by atoms with Crippen LogP contribution in [-0.4, -0.2) is 26.2 Å². The molecule has 0 aliphatic carbocycles. The number of aryl methyl sites for hydroxylation is 1. The Labute approximate surface area is 130 Å². The highest BCUT2D eigenvalue weighted by atomic mass is 16.6. The zero-order chi connectivity index (χ0) is 15.8. The van der Waals surface area contributed by atoms with Crippen molar-refractivity contribution in [2.45, 2.75) is 6.92 Å². The summed E-state index contributed by atoms with van der Waals surface area (Å²) in [5.74, 6) is 1.93. The average molecular weight is 300 g/mol. The van der Waals surface area contributed by atoms with Crippen LogP contribution in [0.25, 0.3) is 0 Å². The lowest BCUT2D eigenvalue weighted by molar-refractivity contribution is 0.107. The topological polar surface area (TPSA) is 66.1 Å². The normalized spacial score (nSPS) is 11.1. The van der Waals surface area contributed by atoms with Gasteiger partial charge >= 0.3 is 0 Å². The molecule has 2 aromatic carbocycles. The summed E-state index contributed by atoms with van der Waals surface area (Å²) in [4.78, 5) is 5.17. The number of nitrogens with zero attached hydrogens (tertiary/aromatic N) is 1. The van der Waals surface area contributed by atoms with Crippen molar-refractivity contribution in [2.24, 2.45) is 10.9 Å². The molecule has 116 valence electrons. The van der Waals surface area contributed by atoms with E-state index < -0.39 is 0 Å². The van der Waals surface area contributed by atoms with Crippen LogP contribution >= 0.6 is 0 Å². The summed E-state index contributed by atoms with van der Waals surface area (Å²) in [7, 11) is 1.62. The van der Waals surface area contributed by atoms with Gasteiger partial charge in [-0.2, -0.15) is 0 Å². The van der Waals surface area contributed by atoms with E-state index >= 15 is 0 Å². The minimum absolute atomic E-state index is 0.318. The first kappa shape index (κ1) is 15.7.